The molecule has 0 atom stereocenters. The van der Waals surface area contributed by atoms with Gasteiger partial charge in [-0.2, -0.15) is 0 Å². The van der Waals surface area contributed by atoms with E-state index in [2.05, 4.69) is 5.32 Å². The van der Waals surface area contributed by atoms with Gasteiger partial charge in [0.05, 0.1) is 6.54 Å². The fraction of sp³-hybridized carbons (Fsp3) is 0.500. The first-order valence-corrected chi connectivity index (χ1v) is 7.55. The van der Waals surface area contributed by atoms with Crippen molar-refractivity contribution in [2.24, 2.45) is 0 Å². The molecule has 0 bridgehead atoms. The smallest absolute Gasteiger partial charge is 0.236 e. The minimum Gasteiger partial charge on any atom is -0.339 e. The zero-order chi connectivity index (χ0) is 15.9. The molecule has 1 aromatic rings. The summed E-state index contributed by atoms with van der Waals surface area (Å²) in [4.78, 5) is 26.8. The average Bonchev–Trinajstić information content (AvgIpc) is 2.53. The Labute approximate surface area is 130 Å². The molecule has 2 rings (SSSR count). The molecule has 6 heteroatoms. The summed E-state index contributed by atoms with van der Waals surface area (Å²) < 4.78 is 13.4. The van der Waals surface area contributed by atoms with Gasteiger partial charge in [0, 0.05) is 33.1 Å². The summed E-state index contributed by atoms with van der Waals surface area (Å²) in [6.45, 7) is 4.68. The van der Waals surface area contributed by atoms with E-state index in [0.29, 0.717) is 44.7 Å². The standard InChI is InChI=1S/C16H22FN3O2/c1-13(21)19-8-10-20(11-9-19)16(22)12-18-7-6-14-4-2-3-5-15(14)17/h2-5,18H,6-12H2,1H3. The van der Waals surface area contributed by atoms with E-state index < -0.39 is 0 Å². The van der Waals surface area contributed by atoms with Crippen molar-refractivity contribution in [1.29, 1.82) is 0 Å². The van der Waals surface area contributed by atoms with Crippen LogP contribution in [0, 0.1) is 5.82 Å². The van der Waals surface area contributed by atoms with Crippen molar-refractivity contribution in [1.82, 2.24) is 15.1 Å². The molecule has 1 saturated heterocycles. The molecule has 0 radical (unpaired) electrons. The number of amides is 2. The van der Waals surface area contributed by atoms with E-state index in [9.17, 15) is 14.0 Å². The normalized spacial score (nSPS) is 15.0. The molecule has 0 aliphatic carbocycles. The quantitative estimate of drug-likeness (QED) is 0.813. The second-order valence-electron chi connectivity index (χ2n) is 5.41. The van der Waals surface area contributed by atoms with E-state index in [0.717, 1.165) is 0 Å². The van der Waals surface area contributed by atoms with Crippen LogP contribution in [-0.2, 0) is 16.0 Å². The number of rotatable bonds is 5. The Hall–Kier alpha value is -1.95. The number of piperazine rings is 1. The van der Waals surface area contributed by atoms with E-state index in [4.69, 9.17) is 0 Å². The molecule has 22 heavy (non-hydrogen) atoms. The molecule has 0 aromatic heterocycles. The molecule has 1 fully saturated rings. The number of halogens is 1. The van der Waals surface area contributed by atoms with Crippen LogP contribution >= 0.6 is 0 Å². The van der Waals surface area contributed by atoms with Crippen molar-refractivity contribution in [2.75, 3.05) is 39.3 Å². The first-order valence-electron chi connectivity index (χ1n) is 7.55. The molecule has 1 heterocycles. The van der Waals surface area contributed by atoms with E-state index in [-0.39, 0.29) is 24.2 Å². The van der Waals surface area contributed by atoms with E-state index in [1.54, 1.807) is 34.9 Å². The molecular formula is C16H22FN3O2. The van der Waals surface area contributed by atoms with Gasteiger partial charge in [-0.05, 0) is 24.6 Å². The number of nitrogens with zero attached hydrogens (tertiary/aromatic N) is 2. The minimum atomic E-state index is -0.212. The van der Waals surface area contributed by atoms with Crippen molar-refractivity contribution in [3.63, 3.8) is 0 Å². The third-order valence-electron chi connectivity index (χ3n) is 3.88. The summed E-state index contributed by atoms with van der Waals surface area (Å²) in [6.07, 6.45) is 0.554. The highest BCUT2D eigenvalue weighted by Crippen LogP contribution is 2.06. The molecule has 0 spiro atoms. The van der Waals surface area contributed by atoms with Gasteiger partial charge < -0.3 is 15.1 Å². The van der Waals surface area contributed by atoms with Gasteiger partial charge >= 0.3 is 0 Å². The van der Waals surface area contributed by atoms with Crippen LogP contribution in [-0.4, -0.2) is 60.9 Å². The number of hydrogen-bond acceptors (Lipinski definition) is 3. The van der Waals surface area contributed by atoms with Crippen molar-refractivity contribution in [2.45, 2.75) is 13.3 Å². The highest BCUT2D eigenvalue weighted by atomic mass is 19.1. The van der Waals surface area contributed by atoms with Crippen LogP contribution in [0.5, 0.6) is 0 Å². The van der Waals surface area contributed by atoms with Gasteiger partial charge in [-0.1, -0.05) is 18.2 Å². The number of carbonyl (C=O) groups excluding carboxylic acids is 2. The summed E-state index contributed by atoms with van der Waals surface area (Å²) >= 11 is 0. The van der Waals surface area contributed by atoms with Crippen molar-refractivity contribution in [3.8, 4) is 0 Å². The van der Waals surface area contributed by atoms with E-state index >= 15 is 0 Å². The second-order valence-corrected chi connectivity index (χ2v) is 5.41. The molecule has 0 saturated carbocycles. The summed E-state index contributed by atoms with van der Waals surface area (Å²) in [5, 5.41) is 3.05. The first-order chi connectivity index (χ1) is 10.6. The fourth-order valence-electron chi connectivity index (χ4n) is 2.50. The van der Waals surface area contributed by atoms with Crippen LogP contribution in [0.2, 0.25) is 0 Å². The lowest BCUT2D eigenvalue weighted by Crippen LogP contribution is -2.51. The molecular weight excluding hydrogens is 285 g/mol. The molecule has 1 aliphatic heterocycles. The van der Waals surface area contributed by atoms with Crippen LogP contribution < -0.4 is 5.32 Å². The van der Waals surface area contributed by atoms with Crippen molar-refractivity contribution in [3.05, 3.63) is 35.6 Å². The monoisotopic (exact) mass is 307 g/mol. The Kier molecular flexibility index (Phi) is 5.89. The topological polar surface area (TPSA) is 52.7 Å². The third kappa shape index (κ3) is 4.53. The number of benzene rings is 1. The second kappa shape index (κ2) is 7.89. The maximum absolute atomic E-state index is 13.4. The third-order valence-corrected chi connectivity index (χ3v) is 3.88. The first kappa shape index (κ1) is 16.4. The molecule has 5 nitrogen and oxygen atoms in total. The minimum absolute atomic E-state index is 0.0248. The molecule has 1 N–H and O–H groups in total. The van der Waals surface area contributed by atoms with Gasteiger partial charge in [-0.15, -0.1) is 0 Å². The Morgan fingerprint density at radius 3 is 2.41 bits per heavy atom. The summed E-state index contributed by atoms with van der Waals surface area (Å²) in [5.74, 6) is -0.136. The lowest BCUT2D eigenvalue weighted by Gasteiger charge is -2.34. The summed E-state index contributed by atoms with van der Waals surface area (Å²) in [7, 11) is 0. The van der Waals surface area contributed by atoms with Crippen molar-refractivity contribution < 1.29 is 14.0 Å². The van der Waals surface area contributed by atoms with Gasteiger partial charge in [-0.25, -0.2) is 4.39 Å². The van der Waals surface area contributed by atoms with E-state index in [1.807, 2.05) is 0 Å². The lowest BCUT2D eigenvalue weighted by atomic mass is 10.1. The van der Waals surface area contributed by atoms with Gasteiger partial charge in [-0.3, -0.25) is 9.59 Å². The number of carbonyl (C=O) groups is 2. The van der Waals surface area contributed by atoms with Gasteiger partial charge in [0.1, 0.15) is 5.82 Å². The predicted octanol–water partition coefficient (Wildman–Crippen LogP) is 0.649. The van der Waals surface area contributed by atoms with Crippen LogP contribution in [0.15, 0.2) is 24.3 Å². The SMILES string of the molecule is CC(=O)N1CCN(C(=O)CNCCc2ccccc2F)CC1. The van der Waals surface area contributed by atoms with Gasteiger partial charge in [0.25, 0.3) is 0 Å². The molecule has 1 aromatic carbocycles. The summed E-state index contributed by atoms with van der Waals surface area (Å²) in [6, 6.07) is 6.66. The van der Waals surface area contributed by atoms with Gasteiger partial charge in [0.15, 0.2) is 0 Å². The Bertz CT molecular complexity index is 528. The Morgan fingerprint density at radius 1 is 1.14 bits per heavy atom. The highest BCUT2D eigenvalue weighted by Gasteiger charge is 2.21. The summed E-state index contributed by atoms with van der Waals surface area (Å²) in [5.41, 5.74) is 0.650. The molecule has 2 amide bonds. The maximum atomic E-state index is 13.4. The number of hydrogen-bond donors (Lipinski definition) is 1. The average molecular weight is 307 g/mol. The van der Waals surface area contributed by atoms with Crippen molar-refractivity contribution >= 4 is 11.8 Å². The molecule has 0 unspecified atom stereocenters. The number of nitrogens with one attached hydrogen (secondary N) is 1. The lowest BCUT2D eigenvalue weighted by molar-refractivity contribution is -0.137. The van der Waals surface area contributed by atoms with E-state index in [1.165, 1.54) is 6.07 Å². The maximum Gasteiger partial charge on any atom is 0.236 e. The van der Waals surface area contributed by atoms with Crippen LogP contribution in [0.4, 0.5) is 4.39 Å². The van der Waals surface area contributed by atoms with Crippen LogP contribution in [0.1, 0.15) is 12.5 Å². The molecule has 1 aliphatic rings. The van der Waals surface area contributed by atoms with Gasteiger partial charge in [0.2, 0.25) is 11.8 Å². The van der Waals surface area contributed by atoms with Crippen LogP contribution in [0.25, 0.3) is 0 Å². The Morgan fingerprint density at radius 2 is 1.77 bits per heavy atom. The highest BCUT2D eigenvalue weighted by molar-refractivity contribution is 5.79. The zero-order valence-electron chi connectivity index (χ0n) is 12.8. The zero-order valence-corrected chi connectivity index (χ0v) is 12.8. The molecule has 120 valence electrons. The Balaban J connectivity index is 1.66. The van der Waals surface area contributed by atoms with Crippen LogP contribution in [0.3, 0.4) is 0 Å². The largest absolute Gasteiger partial charge is 0.339 e. The predicted molar refractivity (Wildman–Crippen MR) is 81.8 cm³/mol. The fourth-order valence-corrected chi connectivity index (χ4v) is 2.50.